The van der Waals surface area contributed by atoms with E-state index < -0.39 is 12.0 Å². The van der Waals surface area contributed by atoms with Gasteiger partial charge in [-0.2, -0.15) is 5.26 Å². The predicted molar refractivity (Wildman–Crippen MR) is 67.6 cm³/mol. The lowest BCUT2D eigenvalue weighted by Gasteiger charge is -2.21. The minimum atomic E-state index is -0.959. The molecular weight excluding hydrogens is 232 g/mol. The lowest BCUT2D eigenvalue weighted by Crippen LogP contribution is -2.34. The molecule has 5 nitrogen and oxygen atoms in total. The van der Waals surface area contributed by atoms with Gasteiger partial charge in [-0.05, 0) is 18.1 Å². The average molecular weight is 248 g/mol. The van der Waals surface area contributed by atoms with Gasteiger partial charge in [0.1, 0.15) is 17.9 Å². The molecule has 1 aromatic rings. The van der Waals surface area contributed by atoms with E-state index in [1.807, 2.05) is 6.07 Å². The smallest absolute Gasteiger partial charge is 0.326 e. The molecule has 2 N–H and O–H groups in total. The quantitative estimate of drug-likeness (QED) is 0.833. The first-order chi connectivity index (χ1) is 8.51. The number of ether oxygens (including phenoxy) is 1. The largest absolute Gasteiger partial charge is 0.495 e. The van der Waals surface area contributed by atoms with Crippen LogP contribution in [0.4, 0.5) is 5.69 Å². The molecule has 0 aliphatic carbocycles. The predicted octanol–water partition coefficient (Wildman–Crippen LogP) is 2.09. The Bertz CT molecular complexity index is 478. The van der Waals surface area contributed by atoms with E-state index in [0.717, 1.165) is 0 Å². The highest BCUT2D eigenvalue weighted by atomic mass is 16.5. The monoisotopic (exact) mass is 248 g/mol. The number of carboxylic acids is 1. The van der Waals surface area contributed by atoms with Crippen molar-refractivity contribution in [3.8, 4) is 11.8 Å². The number of carbonyl (C=O) groups is 1. The molecule has 0 aliphatic heterocycles. The van der Waals surface area contributed by atoms with Gasteiger partial charge in [0.15, 0.2) is 0 Å². The van der Waals surface area contributed by atoms with E-state index in [9.17, 15) is 4.79 Å². The highest BCUT2D eigenvalue weighted by molar-refractivity contribution is 5.80. The summed E-state index contributed by atoms with van der Waals surface area (Å²) in [6, 6.07) is 6.23. The number of hydrogen-bond acceptors (Lipinski definition) is 4. The molecule has 0 aromatic heterocycles. The first-order valence-corrected chi connectivity index (χ1v) is 5.57. The van der Waals surface area contributed by atoms with E-state index in [1.54, 1.807) is 32.0 Å². The highest BCUT2D eigenvalue weighted by Gasteiger charge is 2.23. The van der Waals surface area contributed by atoms with Gasteiger partial charge in [0.25, 0.3) is 0 Å². The third-order valence-corrected chi connectivity index (χ3v) is 2.60. The number of carboxylic acid groups (broad SMARTS) is 1. The molecule has 0 radical (unpaired) electrons. The van der Waals surface area contributed by atoms with Gasteiger partial charge in [0.2, 0.25) is 0 Å². The third-order valence-electron chi connectivity index (χ3n) is 2.60. The van der Waals surface area contributed by atoms with Gasteiger partial charge in [0, 0.05) is 0 Å². The fraction of sp³-hybridized carbons (Fsp3) is 0.385. The topological polar surface area (TPSA) is 82.3 Å². The Morgan fingerprint density at radius 3 is 2.61 bits per heavy atom. The van der Waals surface area contributed by atoms with Crippen LogP contribution >= 0.6 is 0 Å². The normalized spacial score (nSPS) is 11.7. The average Bonchev–Trinajstić information content (AvgIpc) is 2.34. The highest BCUT2D eigenvalue weighted by Crippen LogP contribution is 2.29. The fourth-order valence-corrected chi connectivity index (χ4v) is 1.61. The number of benzene rings is 1. The summed E-state index contributed by atoms with van der Waals surface area (Å²) in [7, 11) is 1.48. The number of para-hydroxylation sites is 1. The van der Waals surface area contributed by atoms with Crippen LogP contribution < -0.4 is 10.1 Å². The SMILES string of the molecule is COc1cccc(C#N)c1NC(C(=O)O)C(C)C. The molecular formula is C13H16N2O3. The summed E-state index contributed by atoms with van der Waals surface area (Å²) in [6.45, 7) is 3.60. The van der Waals surface area contributed by atoms with Gasteiger partial charge in [-0.25, -0.2) is 4.79 Å². The summed E-state index contributed by atoms with van der Waals surface area (Å²) in [6.07, 6.45) is 0. The van der Waals surface area contributed by atoms with Crippen molar-refractivity contribution in [3.63, 3.8) is 0 Å². The first-order valence-electron chi connectivity index (χ1n) is 5.57. The second kappa shape index (κ2) is 5.92. The van der Waals surface area contributed by atoms with Crippen LogP contribution in [-0.2, 0) is 4.79 Å². The van der Waals surface area contributed by atoms with Crippen LogP contribution in [0.25, 0.3) is 0 Å². The molecule has 0 spiro atoms. The van der Waals surface area contributed by atoms with Crippen LogP contribution in [0.5, 0.6) is 5.75 Å². The second-order valence-electron chi connectivity index (χ2n) is 4.20. The second-order valence-corrected chi connectivity index (χ2v) is 4.20. The van der Waals surface area contributed by atoms with E-state index >= 15 is 0 Å². The van der Waals surface area contributed by atoms with Crippen LogP contribution in [0.1, 0.15) is 19.4 Å². The zero-order chi connectivity index (χ0) is 13.7. The Morgan fingerprint density at radius 1 is 1.50 bits per heavy atom. The number of nitriles is 1. The van der Waals surface area contributed by atoms with Crippen molar-refractivity contribution in [2.45, 2.75) is 19.9 Å². The molecule has 0 heterocycles. The molecule has 0 saturated heterocycles. The standard InChI is InChI=1S/C13H16N2O3/c1-8(2)11(13(16)17)15-12-9(7-14)5-4-6-10(12)18-3/h4-6,8,11,15H,1-3H3,(H,16,17). The molecule has 5 heteroatoms. The number of aliphatic carboxylic acids is 1. The Kier molecular flexibility index (Phi) is 4.55. The zero-order valence-corrected chi connectivity index (χ0v) is 10.6. The molecule has 0 bridgehead atoms. The lowest BCUT2D eigenvalue weighted by molar-refractivity contribution is -0.138. The maximum Gasteiger partial charge on any atom is 0.326 e. The van der Waals surface area contributed by atoms with Crippen molar-refractivity contribution in [3.05, 3.63) is 23.8 Å². The molecule has 1 atom stereocenters. The van der Waals surface area contributed by atoms with Crippen molar-refractivity contribution in [1.29, 1.82) is 5.26 Å². The number of methoxy groups -OCH3 is 1. The van der Waals surface area contributed by atoms with E-state index in [1.165, 1.54) is 7.11 Å². The van der Waals surface area contributed by atoms with Gasteiger partial charge in [-0.15, -0.1) is 0 Å². The summed E-state index contributed by atoms with van der Waals surface area (Å²) in [4.78, 5) is 11.2. The van der Waals surface area contributed by atoms with Crippen molar-refractivity contribution < 1.29 is 14.6 Å². The maximum absolute atomic E-state index is 11.2. The Morgan fingerprint density at radius 2 is 2.17 bits per heavy atom. The third kappa shape index (κ3) is 2.92. The van der Waals surface area contributed by atoms with E-state index in [4.69, 9.17) is 15.1 Å². The lowest BCUT2D eigenvalue weighted by atomic mass is 10.0. The summed E-state index contributed by atoms with van der Waals surface area (Å²) in [5.74, 6) is -0.611. The molecule has 1 rings (SSSR count). The first kappa shape index (κ1) is 13.8. The van der Waals surface area contributed by atoms with Crippen LogP contribution in [0.3, 0.4) is 0 Å². The number of nitrogens with one attached hydrogen (secondary N) is 1. The van der Waals surface area contributed by atoms with Crippen molar-refractivity contribution >= 4 is 11.7 Å². The van der Waals surface area contributed by atoms with Gasteiger partial charge < -0.3 is 15.2 Å². The van der Waals surface area contributed by atoms with Crippen LogP contribution in [-0.4, -0.2) is 24.2 Å². The zero-order valence-electron chi connectivity index (χ0n) is 10.6. The van der Waals surface area contributed by atoms with E-state index in [-0.39, 0.29) is 5.92 Å². The van der Waals surface area contributed by atoms with Gasteiger partial charge in [-0.3, -0.25) is 0 Å². The van der Waals surface area contributed by atoms with Crippen LogP contribution in [0, 0.1) is 17.2 Å². The van der Waals surface area contributed by atoms with Gasteiger partial charge in [-0.1, -0.05) is 19.9 Å². The molecule has 0 aliphatic rings. The van der Waals surface area contributed by atoms with Crippen LogP contribution in [0.15, 0.2) is 18.2 Å². The van der Waals surface area contributed by atoms with Gasteiger partial charge in [0.05, 0.1) is 18.4 Å². The van der Waals surface area contributed by atoms with Gasteiger partial charge >= 0.3 is 5.97 Å². The Balaban J connectivity index is 3.16. The molecule has 0 amide bonds. The minimum absolute atomic E-state index is 0.112. The molecule has 1 unspecified atom stereocenters. The number of rotatable bonds is 5. The Hall–Kier alpha value is -2.22. The maximum atomic E-state index is 11.2. The van der Waals surface area contributed by atoms with Crippen LogP contribution in [0.2, 0.25) is 0 Å². The van der Waals surface area contributed by atoms with E-state index in [0.29, 0.717) is 17.0 Å². The number of nitrogens with zero attached hydrogens (tertiary/aromatic N) is 1. The Labute approximate surface area is 106 Å². The molecule has 1 aromatic carbocycles. The molecule has 0 fully saturated rings. The number of hydrogen-bond donors (Lipinski definition) is 2. The molecule has 96 valence electrons. The molecule has 18 heavy (non-hydrogen) atoms. The van der Waals surface area contributed by atoms with Crippen molar-refractivity contribution in [1.82, 2.24) is 0 Å². The minimum Gasteiger partial charge on any atom is -0.495 e. The summed E-state index contributed by atoms with van der Waals surface area (Å²) in [5.41, 5.74) is 0.782. The number of anilines is 1. The molecule has 0 saturated carbocycles. The van der Waals surface area contributed by atoms with E-state index in [2.05, 4.69) is 5.32 Å². The summed E-state index contributed by atoms with van der Waals surface area (Å²) in [5, 5.41) is 21.1. The summed E-state index contributed by atoms with van der Waals surface area (Å²) >= 11 is 0. The van der Waals surface area contributed by atoms with Crippen molar-refractivity contribution in [2.24, 2.45) is 5.92 Å². The van der Waals surface area contributed by atoms with Crippen molar-refractivity contribution in [2.75, 3.05) is 12.4 Å². The summed E-state index contributed by atoms with van der Waals surface area (Å²) < 4.78 is 5.14. The fourth-order valence-electron chi connectivity index (χ4n) is 1.61.